The summed E-state index contributed by atoms with van der Waals surface area (Å²) in [7, 11) is 0. The van der Waals surface area contributed by atoms with Crippen LogP contribution < -0.4 is 0 Å². The van der Waals surface area contributed by atoms with Gasteiger partial charge in [-0.05, 0) is 0 Å². The molecule has 0 atom stereocenters. The van der Waals surface area contributed by atoms with E-state index in [4.69, 9.17) is 18.6 Å². The number of rotatable bonds is 0. The first-order valence-corrected chi connectivity index (χ1v) is 4.43. The molecule has 0 aromatic heterocycles. The maximum absolute atomic E-state index is 8.86. The average molecular weight is 201 g/mol. The van der Waals surface area contributed by atoms with Crippen molar-refractivity contribution in [1.29, 1.82) is 0 Å². The summed E-state index contributed by atoms with van der Waals surface area (Å²) in [6.07, 6.45) is 0. The molecule has 0 aliphatic heterocycles. The summed E-state index contributed by atoms with van der Waals surface area (Å²) in [5, 5.41) is 0. The molecule has 0 saturated heterocycles. The zero-order chi connectivity index (χ0) is 5.45. The molecule has 0 heterocycles. The van der Waals surface area contributed by atoms with Crippen LogP contribution in [0.4, 0.5) is 0 Å². The van der Waals surface area contributed by atoms with Gasteiger partial charge in [-0.25, -0.2) is 0 Å². The van der Waals surface area contributed by atoms with E-state index in [1.807, 2.05) is 0 Å². The Morgan fingerprint density at radius 3 is 1.00 bits per heavy atom. The van der Waals surface area contributed by atoms with Crippen LogP contribution in [0.2, 0.25) is 0 Å². The van der Waals surface area contributed by atoms with Crippen molar-refractivity contribution in [3.05, 3.63) is 0 Å². The van der Waals surface area contributed by atoms with Crippen LogP contribution in [0, 0.1) is 0 Å². The van der Waals surface area contributed by atoms with Crippen LogP contribution >= 0.6 is 0 Å². The molecule has 0 aliphatic carbocycles. The molecular formula is H4O6Ru. The van der Waals surface area contributed by atoms with Crippen molar-refractivity contribution in [2.75, 3.05) is 0 Å². The van der Waals surface area contributed by atoms with Crippen molar-refractivity contribution in [3.8, 4) is 0 Å². The van der Waals surface area contributed by atoms with Crippen LogP contribution in [-0.4, -0.2) is 13.3 Å². The summed E-state index contributed by atoms with van der Waals surface area (Å²) in [4.78, 5) is 0. The molecule has 0 bridgehead atoms. The van der Waals surface area contributed by atoms with Crippen LogP contribution in [0.15, 0.2) is 0 Å². The first-order valence-electron chi connectivity index (χ1n) is 0.749. The minimum atomic E-state index is -7.22. The Kier molecular flexibility index (Phi) is 2.07. The van der Waals surface area contributed by atoms with Crippen molar-refractivity contribution in [1.82, 2.24) is 0 Å². The molecular weight excluding hydrogens is 197 g/mol. The van der Waals surface area contributed by atoms with Crippen molar-refractivity contribution in [2.24, 2.45) is 0 Å². The van der Waals surface area contributed by atoms with E-state index in [2.05, 4.69) is 0 Å². The predicted molar refractivity (Wildman–Crippen MR) is 10.1 cm³/mol. The molecule has 6 nitrogen and oxygen atoms in total. The molecule has 0 fully saturated rings. The normalized spacial score (nSPS) is 16.0. The van der Waals surface area contributed by atoms with E-state index in [9.17, 15) is 0 Å². The SMILES string of the molecule is O.[O]=[Ru](=[O])(=[O])([OH])[OH]. The van der Waals surface area contributed by atoms with Gasteiger partial charge in [-0.3, -0.25) is 0 Å². The molecule has 4 N–H and O–H groups in total. The fourth-order valence-corrected chi connectivity index (χ4v) is 0. The Morgan fingerprint density at radius 2 is 1.00 bits per heavy atom. The van der Waals surface area contributed by atoms with Gasteiger partial charge in [0.1, 0.15) is 0 Å². The zero-order valence-electron chi connectivity index (χ0n) is 2.97. The van der Waals surface area contributed by atoms with Gasteiger partial charge in [-0.2, -0.15) is 0 Å². The van der Waals surface area contributed by atoms with E-state index >= 15 is 0 Å². The van der Waals surface area contributed by atoms with Crippen molar-refractivity contribution in [3.63, 3.8) is 0 Å². The van der Waals surface area contributed by atoms with Crippen molar-refractivity contribution >= 4 is 0 Å². The molecule has 0 rings (SSSR count). The average Bonchev–Trinajstić information content (AvgIpc) is 0.650. The Balaban J connectivity index is 0. The Hall–Kier alpha value is -0.0966. The van der Waals surface area contributed by atoms with E-state index in [-0.39, 0.29) is 5.48 Å². The third kappa shape index (κ3) is 9630. The summed E-state index contributed by atoms with van der Waals surface area (Å²) in [5.74, 6) is 0. The molecule has 0 saturated carbocycles. The molecule has 7 heavy (non-hydrogen) atoms. The fourth-order valence-electron chi connectivity index (χ4n) is 0. The first-order chi connectivity index (χ1) is 2.24. The molecule has 0 aromatic carbocycles. The maximum atomic E-state index is 8.86. The summed E-state index contributed by atoms with van der Waals surface area (Å²) in [6.45, 7) is 0. The van der Waals surface area contributed by atoms with Gasteiger partial charge in [0, 0.05) is 0 Å². The summed E-state index contributed by atoms with van der Waals surface area (Å²) in [5.41, 5.74) is 0. The third-order valence-corrected chi connectivity index (χ3v) is 0. The van der Waals surface area contributed by atoms with Gasteiger partial charge in [0.05, 0.1) is 0 Å². The van der Waals surface area contributed by atoms with Crippen LogP contribution in [0.25, 0.3) is 0 Å². The topological polar surface area (TPSA) is 123 Å². The zero-order valence-corrected chi connectivity index (χ0v) is 4.71. The molecule has 0 aromatic rings. The molecule has 0 radical (unpaired) electrons. The monoisotopic (exact) mass is 202 g/mol. The van der Waals surface area contributed by atoms with Gasteiger partial charge in [-0.1, -0.05) is 0 Å². The van der Waals surface area contributed by atoms with Crippen molar-refractivity contribution < 1.29 is 38.2 Å². The van der Waals surface area contributed by atoms with Gasteiger partial charge in [0.25, 0.3) is 0 Å². The number of hydrogen-bond donors (Lipinski definition) is 2. The van der Waals surface area contributed by atoms with E-state index in [0.717, 1.165) is 0 Å². The third-order valence-electron chi connectivity index (χ3n) is 0. The summed E-state index contributed by atoms with van der Waals surface area (Å²) in [6, 6.07) is 0. The second kappa shape index (κ2) is 1.45. The van der Waals surface area contributed by atoms with Gasteiger partial charge in [-0.15, -0.1) is 0 Å². The second-order valence-corrected chi connectivity index (χ2v) is 3.76. The first kappa shape index (κ1) is 10.0. The molecule has 48 valence electrons. The van der Waals surface area contributed by atoms with Gasteiger partial charge < -0.3 is 5.48 Å². The predicted octanol–water partition coefficient (Wildman–Crippen LogP) is -2.30. The van der Waals surface area contributed by atoms with Crippen LogP contribution in [-0.2, 0) is 24.9 Å². The van der Waals surface area contributed by atoms with Gasteiger partial charge in [0.2, 0.25) is 0 Å². The van der Waals surface area contributed by atoms with Crippen molar-refractivity contribution in [2.45, 2.75) is 0 Å². The second-order valence-electron chi connectivity index (χ2n) is 0.635. The Bertz CT molecular complexity index is 183. The summed E-state index contributed by atoms with van der Waals surface area (Å²) < 4.78 is 40.7. The molecule has 0 amide bonds. The van der Waals surface area contributed by atoms with Gasteiger partial charge in [0.15, 0.2) is 0 Å². The molecule has 0 aliphatic rings. The van der Waals surface area contributed by atoms with E-state index in [1.54, 1.807) is 0 Å². The standard InChI is InChI=1S/3H2O.3O.Ru/h3*1H2;;;;/q;;;;;;+2/p-2. The molecule has 0 spiro atoms. The van der Waals surface area contributed by atoms with E-state index in [0.29, 0.717) is 0 Å². The Morgan fingerprint density at radius 1 is 1.00 bits per heavy atom. The summed E-state index contributed by atoms with van der Waals surface area (Å²) >= 11 is -7.22. The molecule has 0 unspecified atom stereocenters. The number of hydrogen-bond acceptors (Lipinski definition) is 3. The quantitative estimate of drug-likeness (QED) is 0.426. The van der Waals surface area contributed by atoms with Gasteiger partial charge >= 0.3 is 32.8 Å². The van der Waals surface area contributed by atoms with Crippen LogP contribution in [0.3, 0.4) is 0 Å². The van der Waals surface area contributed by atoms with Crippen LogP contribution in [0.1, 0.15) is 0 Å². The minimum absolute atomic E-state index is 0. The Labute approximate surface area is 39.0 Å². The van der Waals surface area contributed by atoms with E-state index < -0.39 is 14.2 Å². The molecule has 7 heteroatoms. The fraction of sp³-hybridized carbons (Fsp3) is 0. The van der Waals surface area contributed by atoms with Crippen LogP contribution in [0.5, 0.6) is 0 Å². The van der Waals surface area contributed by atoms with E-state index in [1.165, 1.54) is 0 Å².